The molecule has 0 amide bonds. The van der Waals surface area contributed by atoms with Crippen LogP contribution < -0.4 is 0 Å². The predicted molar refractivity (Wildman–Crippen MR) is 41.7 cm³/mol. The molecule has 1 rings (SSSR count). The Bertz CT molecular complexity index is 252. The van der Waals surface area contributed by atoms with E-state index in [1.165, 1.54) is 6.26 Å². The van der Waals surface area contributed by atoms with Gasteiger partial charge in [-0.25, -0.2) is 0 Å². The summed E-state index contributed by atoms with van der Waals surface area (Å²) >= 11 is 0. The van der Waals surface area contributed by atoms with Crippen molar-refractivity contribution in [3.05, 3.63) is 24.2 Å². The molecule has 2 nitrogen and oxygen atoms in total. The zero-order chi connectivity index (χ0) is 8.32. The molecule has 1 aromatic rings. The summed E-state index contributed by atoms with van der Waals surface area (Å²) in [6.07, 6.45) is 6.85. The lowest BCUT2D eigenvalue weighted by atomic mass is 10.0. The van der Waals surface area contributed by atoms with Crippen LogP contribution in [0.25, 0.3) is 0 Å². The summed E-state index contributed by atoms with van der Waals surface area (Å²) in [4.78, 5) is 0. The van der Waals surface area contributed by atoms with Crippen molar-refractivity contribution in [1.29, 1.82) is 0 Å². The van der Waals surface area contributed by atoms with Gasteiger partial charge in [0.15, 0.2) is 0 Å². The summed E-state index contributed by atoms with van der Waals surface area (Å²) in [5, 5.41) is 9.64. The summed E-state index contributed by atoms with van der Waals surface area (Å²) in [6, 6.07) is 3.43. The van der Waals surface area contributed by atoms with Crippen LogP contribution in [0.5, 0.6) is 0 Å². The Kier molecular flexibility index (Phi) is 2.02. The Labute approximate surface area is 65.8 Å². The average molecular weight is 150 g/mol. The van der Waals surface area contributed by atoms with Gasteiger partial charge < -0.3 is 9.52 Å². The quantitative estimate of drug-likeness (QED) is 0.648. The second kappa shape index (κ2) is 2.81. The minimum Gasteiger partial charge on any atom is -0.466 e. The van der Waals surface area contributed by atoms with Gasteiger partial charge in [0.25, 0.3) is 0 Å². The molecule has 1 aromatic heterocycles. The average Bonchev–Trinajstić information content (AvgIpc) is 2.37. The molecule has 2 heteroatoms. The third kappa shape index (κ3) is 1.63. The van der Waals surface area contributed by atoms with Crippen LogP contribution in [-0.2, 0) is 5.60 Å². The fourth-order valence-electron chi connectivity index (χ4n) is 0.871. The minimum absolute atomic E-state index is 0.264. The molecule has 0 saturated carbocycles. The van der Waals surface area contributed by atoms with E-state index >= 15 is 0 Å². The summed E-state index contributed by atoms with van der Waals surface area (Å²) in [5.41, 5.74) is -1.03. The molecule has 0 radical (unpaired) electrons. The monoisotopic (exact) mass is 150 g/mol. The van der Waals surface area contributed by atoms with Crippen LogP contribution in [0.2, 0.25) is 0 Å². The molecule has 0 fully saturated rings. The summed E-state index contributed by atoms with van der Waals surface area (Å²) in [7, 11) is 0. The van der Waals surface area contributed by atoms with Gasteiger partial charge in [-0.05, 0) is 19.1 Å². The minimum atomic E-state index is -1.03. The maximum Gasteiger partial charge on any atom is 0.136 e. The number of furan rings is 1. The van der Waals surface area contributed by atoms with Gasteiger partial charge in [0, 0.05) is 6.42 Å². The van der Waals surface area contributed by atoms with E-state index in [-0.39, 0.29) is 6.42 Å². The van der Waals surface area contributed by atoms with E-state index < -0.39 is 5.60 Å². The van der Waals surface area contributed by atoms with Crippen molar-refractivity contribution >= 4 is 0 Å². The Balaban J connectivity index is 2.83. The van der Waals surface area contributed by atoms with Gasteiger partial charge in [-0.2, -0.15) is 0 Å². The Morgan fingerprint density at radius 2 is 2.55 bits per heavy atom. The number of hydrogen-bond donors (Lipinski definition) is 1. The number of aliphatic hydroxyl groups is 1. The van der Waals surface area contributed by atoms with Crippen LogP contribution >= 0.6 is 0 Å². The van der Waals surface area contributed by atoms with Crippen LogP contribution in [0.15, 0.2) is 22.8 Å². The van der Waals surface area contributed by atoms with Crippen molar-refractivity contribution in [1.82, 2.24) is 0 Å². The molecule has 0 spiro atoms. The summed E-state index contributed by atoms with van der Waals surface area (Å²) < 4.78 is 5.01. The first kappa shape index (κ1) is 7.90. The standard InChI is InChI=1S/C9H10O2/c1-3-6-9(2,10)8-5-4-7-11-8/h1,4-5,7,10H,6H2,2H3/t9-/m1/s1. The van der Waals surface area contributed by atoms with E-state index in [2.05, 4.69) is 5.92 Å². The van der Waals surface area contributed by atoms with Gasteiger partial charge in [-0.3, -0.25) is 0 Å². The van der Waals surface area contributed by atoms with Crippen molar-refractivity contribution < 1.29 is 9.52 Å². The van der Waals surface area contributed by atoms with Gasteiger partial charge in [0.2, 0.25) is 0 Å². The van der Waals surface area contributed by atoms with Gasteiger partial charge in [-0.15, -0.1) is 12.3 Å². The van der Waals surface area contributed by atoms with Gasteiger partial charge in [0.05, 0.1) is 6.26 Å². The lowest BCUT2D eigenvalue weighted by Crippen LogP contribution is -2.18. The van der Waals surface area contributed by atoms with Crippen LogP contribution in [0, 0.1) is 12.3 Å². The van der Waals surface area contributed by atoms with Crippen LogP contribution in [0.4, 0.5) is 0 Å². The third-order valence-corrected chi connectivity index (χ3v) is 1.50. The Morgan fingerprint density at radius 1 is 1.82 bits per heavy atom. The Morgan fingerprint density at radius 3 is 3.00 bits per heavy atom. The highest BCUT2D eigenvalue weighted by Crippen LogP contribution is 2.23. The van der Waals surface area contributed by atoms with Crippen LogP contribution in [0.1, 0.15) is 19.1 Å². The molecule has 0 aliphatic rings. The van der Waals surface area contributed by atoms with Crippen LogP contribution in [0.3, 0.4) is 0 Å². The maximum atomic E-state index is 9.64. The van der Waals surface area contributed by atoms with E-state index in [0.717, 1.165) is 0 Å². The second-order valence-electron chi connectivity index (χ2n) is 2.63. The topological polar surface area (TPSA) is 33.4 Å². The molecule has 58 valence electrons. The van der Waals surface area contributed by atoms with Crippen molar-refractivity contribution in [2.45, 2.75) is 18.9 Å². The molecule has 0 saturated heterocycles. The highest BCUT2D eigenvalue weighted by molar-refractivity contribution is 5.11. The molecule has 0 aromatic carbocycles. The largest absolute Gasteiger partial charge is 0.466 e. The third-order valence-electron chi connectivity index (χ3n) is 1.50. The lowest BCUT2D eigenvalue weighted by molar-refractivity contribution is 0.0394. The van der Waals surface area contributed by atoms with Crippen molar-refractivity contribution in [2.24, 2.45) is 0 Å². The van der Waals surface area contributed by atoms with E-state index in [4.69, 9.17) is 10.8 Å². The number of hydrogen-bond acceptors (Lipinski definition) is 2. The highest BCUT2D eigenvalue weighted by Gasteiger charge is 2.24. The van der Waals surface area contributed by atoms with Crippen molar-refractivity contribution in [3.63, 3.8) is 0 Å². The maximum absolute atomic E-state index is 9.64. The molecule has 1 heterocycles. The molecular formula is C9H10O2. The first-order valence-corrected chi connectivity index (χ1v) is 3.36. The summed E-state index contributed by atoms with van der Waals surface area (Å²) in [6.45, 7) is 1.63. The number of terminal acetylenes is 1. The van der Waals surface area contributed by atoms with E-state index in [1.807, 2.05) is 0 Å². The molecule has 11 heavy (non-hydrogen) atoms. The van der Waals surface area contributed by atoms with Crippen molar-refractivity contribution in [2.75, 3.05) is 0 Å². The van der Waals surface area contributed by atoms with Crippen molar-refractivity contribution in [3.8, 4) is 12.3 Å². The Hall–Kier alpha value is -1.20. The molecule has 1 N–H and O–H groups in total. The van der Waals surface area contributed by atoms with Gasteiger partial charge >= 0.3 is 0 Å². The number of rotatable bonds is 2. The zero-order valence-electron chi connectivity index (χ0n) is 6.37. The fourth-order valence-corrected chi connectivity index (χ4v) is 0.871. The van der Waals surface area contributed by atoms with E-state index in [1.54, 1.807) is 19.1 Å². The molecule has 0 aliphatic heterocycles. The van der Waals surface area contributed by atoms with Crippen LogP contribution in [-0.4, -0.2) is 5.11 Å². The predicted octanol–water partition coefficient (Wildman–Crippen LogP) is 1.51. The summed E-state index contributed by atoms with van der Waals surface area (Å²) in [5.74, 6) is 2.90. The van der Waals surface area contributed by atoms with Gasteiger partial charge in [0.1, 0.15) is 11.4 Å². The fraction of sp³-hybridized carbons (Fsp3) is 0.333. The highest BCUT2D eigenvalue weighted by atomic mass is 16.4. The molecule has 0 aliphatic carbocycles. The smallest absolute Gasteiger partial charge is 0.136 e. The van der Waals surface area contributed by atoms with Gasteiger partial charge in [-0.1, -0.05) is 0 Å². The molecule has 0 bridgehead atoms. The zero-order valence-corrected chi connectivity index (χ0v) is 6.37. The molecular weight excluding hydrogens is 140 g/mol. The normalized spacial score (nSPS) is 15.4. The first-order chi connectivity index (χ1) is 5.17. The van der Waals surface area contributed by atoms with E-state index in [9.17, 15) is 5.11 Å². The lowest BCUT2D eigenvalue weighted by Gasteiger charge is -2.16. The second-order valence-corrected chi connectivity index (χ2v) is 2.63. The SMILES string of the molecule is C#CC[C@@](C)(O)c1ccco1. The van der Waals surface area contributed by atoms with E-state index in [0.29, 0.717) is 5.76 Å². The molecule has 1 atom stereocenters. The molecule has 0 unspecified atom stereocenters. The first-order valence-electron chi connectivity index (χ1n) is 3.36.